The van der Waals surface area contributed by atoms with Crippen LogP contribution in [0.2, 0.25) is 0 Å². The predicted molar refractivity (Wildman–Crippen MR) is 122 cm³/mol. The minimum atomic E-state index is -3.71. The molecule has 0 saturated carbocycles. The number of nitrogens with zero attached hydrogens (tertiary/aromatic N) is 3. The van der Waals surface area contributed by atoms with E-state index in [1.807, 2.05) is 0 Å². The summed E-state index contributed by atoms with van der Waals surface area (Å²) in [6.45, 7) is 0.679. The number of pyridine rings is 1. The Bertz CT molecular complexity index is 1230. The largest absolute Gasteiger partial charge is 0.586 e. The number of anilines is 1. The third-order valence-corrected chi connectivity index (χ3v) is 6.82. The van der Waals surface area contributed by atoms with Crippen molar-refractivity contribution in [1.29, 1.82) is 0 Å². The fraction of sp³-hybridized carbons (Fsp3) is 0.417. The number of halogens is 2. The number of hydrogen-bond acceptors (Lipinski definition) is 7. The number of nitrogens with two attached hydrogens (primary N) is 1. The van der Waals surface area contributed by atoms with Crippen LogP contribution >= 0.6 is 0 Å². The van der Waals surface area contributed by atoms with Crippen LogP contribution in [0, 0.1) is 5.92 Å². The Morgan fingerprint density at radius 2 is 2.00 bits per heavy atom. The van der Waals surface area contributed by atoms with Crippen molar-refractivity contribution in [2.45, 2.75) is 37.5 Å². The van der Waals surface area contributed by atoms with E-state index in [-0.39, 0.29) is 30.4 Å². The number of aromatic nitrogens is 1. The van der Waals surface area contributed by atoms with Crippen LogP contribution in [0.25, 0.3) is 0 Å². The molecule has 2 fully saturated rings. The van der Waals surface area contributed by atoms with Crippen molar-refractivity contribution in [3.63, 3.8) is 0 Å². The Hall–Kier alpha value is -3.96. The van der Waals surface area contributed by atoms with E-state index in [9.17, 15) is 23.2 Å². The van der Waals surface area contributed by atoms with E-state index in [1.54, 1.807) is 18.2 Å². The zero-order valence-electron chi connectivity index (χ0n) is 19.4. The highest BCUT2D eigenvalue weighted by Crippen LogP contribution is 2.43. The van der Waals surface area contributed by atoms with Gasteiger partial charge in [0.1, 0.15) is 11.9 Å². The van der Waals surface area contributed by atoms with Gasteiger partial charge in [-0.3, -0.25) is 14.5 Å². The summed E-state index contributed by atoms with van der Waals surface area (Å²) >= 11 is 0. The normalized spacial score (nSPS) is 24.3. The number of β-lactam (4-membered cyclic amide) rings is 1. The lowest BCUT2D eigenvalue weighted by Crippen LogP contribution is -2.70. The van der Waals surface area contributed by atoms with Crippen LogP contribution in [0.5, 0.6) is 11.5 Å². The Kier molecular flexibility index (Phi) is 5.89. The molecule has 12 heteroatoms. The number of nitrogens with one attached hydrogen (secondary N) is 1. The molecule has 3 N–H and O–H groups in total. The third-order valence-electron chi connectivity index (χ3n) is 6.82. The van der Waals surface area contributed by atoms with Crippen LogP contribution in [0.4, 0.5) is 19.4 Å². The van der Waals surface area contributed by atoms with Gasteiger partial charge < -0.3 is 25.4 Å². The first-order chi connectivity index (χ1) is 17.2. The number of urea groups is 1. The molecule has 0 aliphatic carbocycles. The average molecular weight is 501 g/mol. The first-order valence-electron chi connectivity index (χ1n) is 11.6. The van der Waals surface area contributed by atoms with Crippen molar-refractivity contribution in [1.82, 2.24) is 20.1 Å². The zero-order valence-corrected chi connectivity index (χ0v) is 19.4. The van der Waals surface area contributed by atoms with E-state index in [4.69, 9.17) is 5.73 Å². The molecular weight excluding hydrogens is 476 g/mol. The Morgan fingerprint density at radius 3 is 2.75 bits per heavy atom. The van der Waals surface area contributed by atoms with Crippen molar-refractivity contribution in [2.75, 3.05) is 25.9 Å². The SMILES string of the molecule is CNC(=O)[C@@H]1C(Cc2ccnc(N)c2)C(=O)N1C(=O)N1CCCC(c2ccc3c(c2)OC(F)(F)O3)C1. The second kappa shape index (κ2) is 8.92. The highest BCUT2D eigenvalue weighted by atomic mass is 19.3. The van der Waals surface area contributed by atoms with Crippen LogP contribution < -0.4 is 20.5 Å². The molecule has 5 rings (SSSR count). The number of benzene rings is 1. The third kappa shape index (κ3) is 4.27. The number of alkyl halides is 2. The van der Waals surface area contributed by atoms with Crippen LogP contribution in [-0.4, -0.2) is 65.1 Å². The molecule has 3 aliphatic heterocycles. The molecule has 3 atom stereocenters. The van der Waals surface area contributed by atoms with Gasteiger partial charge in [-0.15, -0.1) is 8.78 Å². The van der Waals surface area contributed by atoms with Gasteiger partial charge in [0.15, 0.2) is 11.5 Å². The van der Waals surface area contributed by atoms with Gasteiger partial charge in [-0.1, -0.05) is 6.07 Å². The molecule has 1 aromatic heterocycles. The second-order valence-corrected chi connectivity index (χ2v) is 9.11. The molecule has 4 heterocycles. The smallest absolute Gasteiger partial charge is 0.395 e. The molecule has 0 radical (unpaired) electrons. The molecule has 2 aromatic rings. The number of carbonyl (C=O) groups is 3. The van der Waals surface area contributed by atoms with Crippen LogP contribution in [0.1, 0.15) is 29.9 Å². The quantitative estimate of drug-likeness (QED) is 0.615. The minimum absolute atomic E-state index is 0.0471. The molecule has 3 aliphatic rings. The lowest BCUT2D eigenvalue weighted by Gasteiger charge is -2.47. The first kappa shape index (κ1) is 23.8. The fourth-order valence-corrected chi connectivity index (χ4v) is 5.08. The van der Waals surface area contributed by atoms with Gasteiger partial charge in [0.2, 0.25) is 11.8 Å². The number of rotatable bonds is 4. The number of piperidine rings is 1. The number of carbonyl (C=O) groups excluding carboxylic acids is 3. The van der Waals surface area contributed by atoms with E-state index in [2.05, 4.69) is 19.8 Å². The lowest BCUT2D eigenvalue weighted by atomic mass is 9.82. The maximum absolute atomic E-state index is 13.4. The van der Waals surface area contributed by atoms with Crippen LogP contribution in [-0.2, 0) is 16.0 Å². The van der Waals surface area contributed by atoms with E-state index >= 15 is 0 Å². The van der Waals surface area contributed by atoms with E-state index in [0.717, 1.165) is 22.4 Å². The number of fused-ring (bicyclic) bond motifs is 1. The Balaban J connectivity index is 1.31. The summed E-state index contributed by atoms with van der Waals surface area (Å²) in [6, 6.07) is 6.44. The van der Waals surface area contributed by atoms with Crippen LogP contribution in [0.3, 0.4) is 0 Å². The van der Waals surface area contributed by atoms with Crippen molar-refractivity contribution in [3.05, 3.63) is 47.7 Å². The fourth-order valence-electron chi connectivity index (χ4n) is 5.08. The maximum Gasteiger partial charge on any atom is 0.586 e. The summed E-state index contributed by atoms with van der Waals surface area (Å²) in [4.78, 5) is 45.6. The number of hydrogen-bond donors (Lipinski definition) is 2. The number of imide groups is 1. The molecule has 0 bridgehead atoms. The van der Waals surface area contributed by atoms with Crippen molar-refractivity contribution >= 4 is 23.7 Å². The van der Waals surface area contributed by atoms with Gasteiger partial charge in [-0.05, 0) is 54.7 Å². The number of nitrogen functional groups attached to an aromatic ring is 1. The highest BCUT2D eigenvalue weighted by Gasteiger charge is 2.55. The molecule has 190 valence electrons. The predicted octanol–water partition coefficient (Wildman–Crippen LogP) is 2.10. The second-order valence-electron chi connectivity index (χ2n) is 9.11. The molecule has 1 aromatic carbocycles. The van der Waals surface area contributed by atoms with Gasteiger partial charge in [0.25, 0.3) is 0 Å². The average Bonchev–Trinajstić information content (AvgIpc) is 3.18. The molecule has 0 spiro atoms. The topological polar surface area (TPSA) is 127 Å². The first-order valence-corrected chi connectivity index (χ1v) is 11.6. The minimum Gasteiger partial charge on any atom is -0.395 e. The molecule has 2 unspecified atom stereocenters. The van der Waals surface area contributed by atoms with Gasteiger partial charge in [-0.25, -0.2) is 9.78 Å². The van der Waals surface area contributed by atoms with Gasteiger partial charge in [0.05, 0.1) is 5.92 Å². The zero-order chi connectivity index (χ0) is 25.6. The van der Waals surface area contributed by atoms with Crippen molar-refractivity contribution < 1.29 is 32.6 Å². The number of ether oxygens (including phenoxy) is 2. The van der Waals surface area contributed by atoms with Gasteiger partial charge in [0, 0.05) is 32.3 Å². The highest BCUT2D eigenvalue weighted by molar-refractivity contribution is 6.09. The lowest BCUT2D eigenvalue weighted by molar-refractivity contribution is -0.286. The standard InChI is InChI=1S/C24H25F2N5O5/c1-28-21(32)20-16(9-13-6-7-29-19(27)10-13)22(33)31(20)23(34)30-8-2-3-15(12-30)14-4-5-17-18(11-14)36-24(25,26)35-17/h4-7,10-11,15-16,20H,2-3,8-9,12H2,1H3,(H2,27,29)(H,28,32)/t15?,16?,20-/m0/s1. The van der Waals surface area contributed by atoms with Crippen molar-refractivity contribution in [3.8, 4) is 11.5 Å². The maximum atomic E-state index is 13.4. The molecular formula is C24H25F2N5O5. The summed E-state index contributed by atoms with van der Waals surface area (Å²) in [5.74, 6) is -1.53. The van der Waals surface area contributed by atoms with E-state index in [1.165, 1.54) is 30.3 Å². The number of likely N-dealkylation sites (tertiary alicyclic amines) is 2. The number of amides is 4. The van der Waals surface area contributed by atoms with E-state index < -0.39 is 36.1 Å². The summed E-state index contributed by atoms with van der Waals surface area (Å²) < 4.78 is 35.8. The Morgan fingerprint density at radius 1 is 1.22 bits per heavy atom. The summed E-state index contributed by atoms with van der Waals surface area (Å²) in [7, 11) is 1.45. The summed E-state index contributed by atoms with van der Waals surface area (Å²) in [5, 5.41) is 2.54. The van der Waals surface area contributed by atoms with Gasteiger partial charge >= 0.3 is 12.3 Å². The molecule has 2 saturated heterocycles. The monoisotopic (exact) mass is 501 g/mol. The Labute approximate surface area is 205 Å². The van der Waals surface area contributed by atoms with Crippen LogP contribution in [0.15, 0.2) is 36.5 Å². The van der Waals surface area contributed by atoms with E-state index in [0.29, 0.717) is 18.8 Å². The molecule has 36 heavy (non-hydrogen) atoms. The summed E-state index contributed by atoms with van der Waals surface area (Å²) in [5.41, 5.74) is 7.19. The van der Waals surface area contributed by atoms with Crippen molar-refractivity contribution in [2.24, 2.45) is 5.92 Å². The number of likely N-dealkylation sites (N-methyl/N-ethyl adjacent to an activating group) is 1. The summed E-state index contributed by atoms with van der Waals surface area (Å²) in [6.07, 6.45) is -0.568. The molecule has 10 nitrogen and oxygen atoms in total. The van der Waals surface area contributed by atoms with Gasteiger partial charge in [-0.2, -0.15) is 0 Å². The molecule has 4 amide bonds.